The first-order valence-electron chi connectivity index (χ1n) is 5.94. The largest absolute Gasteiger partial charge is 0.480 e. The van der Waals surface area contributed by atoms with Gasteiger partial charge in [-0.1, -0.05) is 19.9 Å². The van der Waals surface area contributed by atoms with E-state index < -0.39 is 17.4 Å². The van der Waals surface area contributed by atoms with E-state index in [4.69, 9.17) is 0 Å². The van der Waals surface area contributed by atoms with E-state index in [0.29, 0.717) is 12.8 Å². The van der Waals surface area contributed by atoms with E-state index in [1.807, 2.05) is 0 Å². The molecule has 0 aliphatic carbocycles. The summed E-state index contributed by atoms with van der Waals surface area (Å²) in [5.41, 5.74) is -0.262. The van der Waals surface area contributed by atoms with E-state index in [9.17, 15) is 14.7 Å². The van der Waals surface area contributed by atoms with Crippen LogP contribution in [0.4, 0.5) is 0 Å². The summed E-state index contributed by atoms with van der Waals surface area (Å²) in [6.07, 6.45) is 0.660. The van der Waals surface area contributed by atoms with Crippen LogP contribution in [-0.2, 0) is 4.79 Å². The number of nitrogens with zero attached hydrogens (tertiary/aromatic N) is 1. The number of rotatable bonds is 5. The van der Waals surface area contributed by atoms with Crippen LogP contribution in [0, 0.1) is 6.92 Å². The molecule has 0 fully saturated rings. The number of aliphatic carboxylic acids is 1. The van der Waals surface area contributed by atoms with Gasteiger partial charge in [0.05, 0.1) is 0 Å². The second kappa shape index (κ2) is 5.62. The maximum Gasteiger partial charge on any atom is 0.329 e. The molecule has 5 heteroatoms. The van der Waals surface area contributed by atoms with E-state index in [2.05, 4.69) is 10.3 Å². The molecule has 0 unspecified atom stereocenters. The molecule has 0 aromatic carbocycles. The van der Waals surface area contributed by atoms with Gasteiger partial charge in [-0.15, -0.1) is 0 Å². The third-order valence-electron chi connectivity index (χ3n) is 3.09. The van der Waals surface area contributed by atoms with Crippen molar-refractivity contribution in [3.63, 3.8) is 0 Å². The first kappa shape index (κ1) is 14.2. The standard InChI is InChI=1S/C13H18N2O3/c1-4-13(5-2,12(17)18)15-11(16)10-8-6-7-9(3)14-10/h6-8H,4-5H2,1-3H3,(H,15,16)(H,17,18). The van der Waals surface area contributed by atoms with Crippen LogP contribution in [-0.4, -0.2) is 27.5 Å². The number of aromatic nitrogens is 1. The molecule has 1 rings (SSSR count). The van der Waals surface area contributed by atoms with Crippen LogP contribution < -0.4 is 5.32 Å². The highest BCUT2D eigenvalue weighted by Gasteiger charge is 2.36. The lowest BCUT2D eigenvalue weighted by atomic mass is 9.92. The molecule has 18 heavy (non-hydrogen) atoms. The first-order chi connectivity index (χ1) is 8.45. The number of aryl methyl sites for hydroxylation is 1. The smallest absolute Gasteiger partial charge is 0.329 e. The number of pyridine rings is 1. The molecule has 0 saturated heterocycles. The predicted molar refractivity (Wildman–Crippen MR) is 67.4 cm³/mol. The van der Waals surface area contributed by atoms with Crippen molar-refractivity contribution in [2.45, 2.75) is 39.2 Å². The van der Waals surface area contributed by atoms with Crippen molar-refractivity contribution in [3.05, 3.63) is 29.6 Å². The summed E-state index contributed by atoms with van der Waals surface area (Å²) in [6, 6.07) is 5.07. The normalized spacial score (nSPS) is 11.1. The summed E-state index contributed by atoms with van der Waals surface area (Å²) in [5, 5.41) is 11.8. The van der Waals surface area contributed by atoms with Gasteiger partial charge in [-0.3, -0.25) is 4.79 Å². The molecule has 0 aliphatic rings. The Morgan fingerprint density at radius 1 is 1.33 bits per heavy atom. The van der Waals surface area contributed by atoms with Crippen molar-refractivity contribution in [2.75, 3.05) is 0 Å². The number of carboxylic acids is 1. The van der Waals surface area contributed by atoms with Crippen LogP contribution in [0.1, 0.15) is 42.9 Å². The van der Waals surface area contributed by atoms with E-state index in [1.54, 1.807) is 39.0 Å². The third kappa shape index (κ3) is 2.85. The van der Waals surface area contributed by atoms with Crippen molar-refractivity contribution in [2.24, 2.45) is 0 Å². The van der Waals surface area contributed by atoms with E-state index in [-0.39, 0.29) is 5.69 Å². The molecule has 0 aliphatic heterocycles. The molecule has 98 valence electrons. The summed E-state index contributed by atoms with van der Waals surface area (Å²) in [6.45, 7) is 5.25. The molecule has 0 atom stereocenters. The number of amides is 1. The zero-order chi connectivity index (χ0) is 13.8. The Bertz CT molecular complexity index is 453. The average molecular weight is 250 g/mol. The van der Waals surface area contributed by atoms with Gasteiger partial charge in [-0.05, 0) is 31.9 Å². The second-order valence-corrected chi connectivity index (χ2v) is 4.21. The number of hydrogen-bond donors (Lipinski definition) is 2. The molecule has 0 saturated carbocycles. The van der Waals surface area contributed by atoms with Crippen molar-refractivity contribution >= 4 is 11.9 Å². The molecule has 0 radical (unpaired) electrons. The maximum atomic E-state index is 12.0. The quantitative estimate of drug-likeness (QED) is 0.834. The van der Waals surface area contributed by atoms with Crippen molar-refractivity contribution in [3.8, 4) is 0 Å². The zero-order valence-corrected chi connectivity index (χ0v) is 10.9. The molecular formula is C13H18N2O3. The van der Waals surface area contributed by atoms with Crippen LogP contribution in [0.2, 0.25) is 0 Å². The van der Waals surface area contributed by atoms with E-state index in [1.165, 1.54) is 0 Å². The Morgan fingerprint density at radius 3 is 2.39 bits per heavy atom. The summed E-state index contributed by atoms with van der Waals surface area (Å²) < 4.78 is 0. The predicted octanol–water partition coefficient (Wildman–Crippen LogP) is 1.76. The van der Waals surface area contributed by atoms with Crippen LogP contribution in [0.5, 0.6) is 0 Å². The van der Waals surface area contributed by atoms with Crippen molar-refractivity contribution in [1.82, 2.24) is 10.3 Å². The van der Waals surface area contributed by atoms with Crippen molar-refractivity contribution in [1.29, 1.82) is 0 Å². The Labute approximate surface area is 106 Å². The summed E-state index contributed by atoms with van der Waals surface area (Å²) >= 11 is 0. The van der Waals surface area contributed by atoms with Crippen molar-refractivity contribution < 1.29 is 14.7 Å². The highest BCUT2D eigenvalue weighted by atomic mass is 16.4. The fourth-order valence-corrected chi connectivity index (χ4v) is 1.73. The topological polar surface area (TPSA) is 79.3 Å². The molecule has 1 aromatic heterocycles. The van der Waals surface area contributed by atoms with Gasteiger partial charge < -0.3 is 10.4 Å². The fraction of sp³-hybridized carbons (Fsp3) is 0.462. The lowest BCUT2D eigenvalue weighted by Crippen LogP contribution is -2.53. The lowest BCUT2D eigenvalue weighted by molar-refractivity contribution is -0.144. The van der Waals surface area contributed by atoms with Gasteiger partial charge >= 0.3 is 5.97 Å². The summed E-state index contributed by atoms with van der Waals surface area (Å²) in [5.74, 6) is -1.47. The number of carbonyl (C=O) groups excluding carboxylic acids is 1. The van der Waals surface area contributed by atoms with Crippen LogP contribution in [0.25, 0.3) is 0 Å². The minimum atomic E-state index is -1.22. The Kier molecular flexibility index (Phi) is 4.42. The number of carbonyl (C=O) groups is 2. The molecule has 1 amide bonds. The summed E-state index contributed by atoms with van der Waals surface area (Å²) in [4.78, 5) is 27.4. The zero-order valence-electron chi connectivity index (χ0n) is 10.9. The molecular weight excluding hydrogens is 232 g/mol. The second-order valence-electron chi connectivity index (χ2n) is 4.21. The molecule has 1 aromatic rings. The van der Waals surface area contributed by atoms with Gasteiger partial charge in [-0.2, -0.15) is 0 Å². The van der Waals surface area contributed by atoms with E-state index >= 15 is 0 Å². The third-order valence-corrected chi connectivity index (χ3v) is 3.09. The van der Waals surface area contributed by atoms with Gasteiger partial charge in [0.25, 0.3) is 5.91 Å². The Balaban J connectivity index is 2.95. The average Bonchev–Trinajstić information content (AvgIpc) is 2.35. The van der Waals surface area contributed by atoms with Crippen LogP contribution >= 0.6 is 0 Å². The van der Waals surface area contributed by atoms with Gasteiger partial charge in [0.15, 0.2) is 0 Å². The Hall–Kier alpha value is -1.91. The van der Waals surface area contributed by atoms with Gasteiger partial charge in [-0.25, -0.2) is 9.78 Å². The molecule has 5 nitrogen and oxygen atoms in total. The lowest BCUT2D eigenvalue weighted by Gasteiger charge is -2.27. The number of nitrogens with one attached hydrogen (secondary N) is 1. The minimum Gasteiger partial charge on any atom is -0.480 e. The monoisotopic (exact) mass is 250 g/mol. The number of hydrogen-bond acceptors (Lipinski definition) is 3. The fourth-order valence-electron chi connectivity index (χ4n) is 1.73. The highest BCUT2D eigenvalue weighted by Crippen LogP contribution is 2.16. The maximum absolute atomic E-state index is 12.0. The molecule has 2 N–H and O–H groups in total. The minimum absolute atomic E-state index is 0.238. The van der Waals surface area contributed by atoms with Gasteiger partial charge in [0, 0.05) is 5.69 Å². The van der Waals surface area contributed by atoms with Crippen LogP contribution in [0.3, 0.4) is 0 Å². The first-order valence-corrected chi connectivity index (χ1v) is 5.94. The van der Waals surface area contributed by atoms with Gasteiger partial charge in [0.1, 0.15) is 11.2 Å². The molecule has 1 heterocycles. The molecule has 0 spiro atoms. The highest BCUT2D eigenvalue weighted by molar-refractivity contribution is 5.96. The SMILES string of the molecule is CCC(CC)(NC(=O)c1cccc(C)n1)C(=O)O. The van der Waals surface area contributed by atoms with Gasteiger partial charge in [0.2, 0.25) is 0 Å². The van der Waals surface area contributed by atoms with Crippen LogP contribution in [0.15, 0.2) is 18.2 Å². The summed E-state index contributed by atoms with van der Waals surface area (Å²) in [7, 11) is 0. The molecule has 0 bridgehead atoms. The van der Waals surface area contributed by atoms with E-state index in [0.717, 1.165) is 5.69 Å². The number of carboxylic acid groups (broad SMARTS) is 1. The Morgan fingerprint density at radius 2 is 1.94 bits per heavy atom.